The number of hydrogen-bond donors (Lipinski definition) is 1. The number of carbonyl (C=O) groups excluding carboxylic acids is 1. The van der Waals surface area contributed by atoms with Crippen molar-refractivity contribution in [3.63, 3.8) is 0 Å². The van der Waals surface area contributed by atoms with Crippen LogP contribution in [0.25, 0.3) is 21.5 Å². The minimum Gasteiger partial charge on any atom is -0.449 e. The first-order chi connectivity index (χ1) is 11.1. The van der Waals surface area contributed by atoms with E-state index in [0.29, 0.717) is 6.61 Å². The van der Waals surface area contributed by atoms with Crippen molar-refractivity contribution in [3.05, 3.63) is 60.2 Å². The monoisotopic (exact) mass is 305 g/mol. The molecule has 0 saturated carbocycles. The number of amides is 1. The lowest BCUT2D eigenvalue weighted by Crippen LogP contribution is -2.47. The van der Waals surface area contributed by atoms with Crippen LogP contribution >= 0.6 is 0 Å². The van der Waals surface area contributed by atoms with E-state index >= 15 is 0 Å². The summed E-state index contributed by atoms with van der Waals surface area (Å²) in [6, 6.07) is 18.8. The molecule has 1 atom stereocenters. The fourth-order valence-corrected chi connectivity index (χ4v) is 3.51. The summed E-state index contributed by atoms with van der Waals surface area (Å²) in [4.78, 5) is 11.9. The maximum Gasteiger partial charge on any atom is 0.407 e. The van der Waals surface area contributed by atoms with Gasteiger partial charge in [0.2, 0.25) is 0 Å². The highest BCUT2D eigenvalue weighted by atomic mass is 16.6. The van der Waals surface area contributed by atoms with Crippen molar-refractivity contribution < 1.29 is 9.53 Å². The van der Waals surface area contributed by atoms with E-state index in [1.165, 1.54) is 27.1 Å². The van der Waals surface area contributed by atoms with Gasteiger partial charge in [-0.3, -0.25) is 0 Å². The lowest BCUT2D eigenvalue weighted by molar-refractivity contribution is 0.0395. The van der Waals surface area contributed by atoms with Gasteiger partial charge >= 0.3 is 6.09 Å². The summed E-state index contributed by atoms with van der Waals surface area (Å²) in [5.74, 6) is 0. The molecule has 3 heteroatoms. The molecule has 1 amide bonds. The van der Waals surface area contributed by atoms with Crippen LogP contribution in [0.2, 0.25) is 0 Å². The Kier molecular flexibility index (Phi) is 3.05. The largest absolute Gasteiger partial charge is 0.449 e. The molecule has 0 spiro atoms. The Morgan fingerprint density at radius 1 is 1.00 bits per heavy atom. The molecule has 3 nitrogen and oxygen atoms in total. The standard InChI is InChI=1S/C20H19NO2/c1-20(2)12-23-19(22)21-18(20)17-15-9-5-3-7-13(15)11-14-8-4-6-10-16(14)17/h3-11,18H,12H2,1-2H3,(H,21,22)/t18-/m0/s1. The number of benzene rings is 3. The maximum absolute atomic E-state index is 11.9. The number of fused-ring (bicyclic) bond motifs is 2. The van der Waals surface area contributed by atoms with Crippen molar-refractivity contribution in [1.29, 1.82) is 0 Å². The Labute approximate surface area is 135 Å². The van der Waals surface area contributed by atoms with Gasteiger partial charge in [-0.2, -0.15) is 0 Å². The molecule has 116 valence electrons. The van der Waals surface area contributed by atoms with Crippen LogP contribution in [0.3, 0.4) is 0 Å². The van der Waals surface area contributed by atoms with Gasteiger partial charge in [0.1, 0.15) is 6.61 Å². The lowest BCUT2D eigenvalue weighted by Gasteiger charge is -2.39. The summed E-state index contributed by atoms with van der Waals surface area (Å²) in [7, 11) is 0. The van der Waals surface area contributed by atoms with Crippen LogP contribution in [0.4, 0.5) is 4.79 Å². The molecule has 0 bridgehead atoms. The third-order valence-electron chi connectivity index (χ3n) is 4.72. The van der Waals surface area contributed by atoms with E-state index in [2.05, 4.69) is 73.8 Å². The maximum atomic E-state index is 11.9. The molecule has 1 N–H and O–H groups in total. The molecule has 3 aromatic carbocycles. The molecule has 1 fully saturated rings. The average molecular weight is 305 g/mol. The van der Waals surface area contributed by atoms with Crippen molar-refractivity contribution in [3.8, 4) is 0 Å². The molecule has 0 aromatic heterocycles. The van der Waals surface area contributed by atoms with Gasteiger partial charge in [0.05, 0.1) is 6.04 Å². The molecule has 1 heterocycles. The molecule has 0 unspecified atom stereocenters. The summed E-state index contributed by atoms with van der Waals surface area (Å²) >= 11 is 0. The second-order valence-corrected chi connectivity index (χ2v) is 6.87. The Hall–Kier alpha value is -2.55. The first-order valence-electron chi connectivity index (χ1n) is 7.90. The second kappa shape index (κ2) is 4.98. The van der Waals surface area contributed by atoms with E-state index in [9.17, 15) is 4.79 Å². The molecular weight excluding hydrogens is 286 g/mol. The molecule has 4 rings (SSSR count). The van der Waals surface area contributed by atoms with Crippen LogP contribution in [0.1, 0.15) is 25.5 Å². The fourth-order valence-electron chi connectivity index (χ4n) is 3.51. The molecule has 0 aliphatic carbocycles. The zero-order valence-electron chi connectivity index (χ0n) is 13.3. The third kappa shape index (κ3) is 2.24. The van der Waals surface area contributed by atoms with Crippen molar-refractivity contribution in [2.45, 2.75) is 19.9 Å². The summed E-state index contributed by atoms with van der Waals surface area (Å²) < 4.78 is 5.22. The average Bonchev–Trinajstić information content (AvgIpc) is 2.55. The molecule has 1 aliphatic rings. The topological polar surface area (TPSA) is 38.3 Å². The van der Waals surface area contributed by atoms with E-state index in [0.717, 1.165) is 0 Å². The highest BCUT2D eigenvalue weighted by molar-refractivity contribution is 6.03. The second-order valence-electron chi connectivity index (χ2n) is 6.87. The van der Waals surface area contributed by atoms with Crippen LogP contribution in [-0.2, 0) is 4.74 Å². The van der Waals surface area contributed by atoms with Crippen molar-refractivity contribution >= 4 is 27.6 Å². The highest BCUT2D eigenvalue weighted by Crippen LogP contribution is 2.42. The summed E-state index contributed by atoms with van der Waals surface area (Å²) in [6.45, 7) is 4.68. The minimum atomic E-state index is -0.341. The number of alkyl carbamates (subject to hydrolysis) is 1. The van der Waals surface area contributed by atoms with Gasteiger partial charge < -0.3 is 10.1 Å². The smallest absolute Gasteiger partial charge is 0.407 e. The normalized spacial score (nSPS) is 20.3. The quantitative estimate of drug-likeness (QED) is 0.656. The van der Waals surface area contributed by atoms with Crippen LogP contribution in [0.5, 0.6) is 0 Å². The van der Waals surface area contributed by atoms with Crippen molar-refractivity contribution in [2.75, 3.05) is 6.61 Å². The third-order valence-corrected chi connectivity index (χ3v) is 4.72. The Morgan fingerprint density at radius 2 is 1.57 bits per heavy atom. The summed E-state index contributed by atoms with van der Waals surface area (Å²) in [5.41, 5.74) is 1.00. The van der Waals surface area contributed by atoms with Crippen molar-refractivity contribution in [1.82, 2.24) is 5.32 Å². The van der Waals surface area contributed by atoms with E-state index in [1.54, 1.807) is 0 Å². The van der Waals surface area contributed by atoms with E-state index in [-0.39, 0.29) is 17.6 Å². The zero-order chi connectivity index (χ0) is 16.0. The predicted octanol–water partition coefficient (Wildman–Crippen LogP) is 4.80. The Morgan fingerprint density at radius 3 is 2.17 bits per heavy atom. The van der Waals surface area contributed by atoms with Gasteiger partial charge in [-0.25, -0.2) is 4.79 Å². The first-order valence-corrected chi connectivity index (χ1v) is 7.90. The number of rotatable bonds is 1. The fraction of sp³-hybridized carbons (Fsp3) is 0.250. The van der Waals surface area contributed by atoms with E-state index in [4.69, 9.17) is 4.74 Å². The van der Waals surface area contributed by atoms with Gasteiger partial charge in [0.25, 0.3) is 0 Å². The molecule has 1 aliphatic heterocycles. The zero-order valence-corrected chi connectivity index (χ0v) is 13.3. The number of cyclic esters (lactones) is 1. The molecular formula is C20H19NO2. The Bertz CT molecular complexity index is 860. The van der Waals surface area contributed by atoms with Gasteiger partial charge in [-0.1, -0.05) is 62.4 Å². The van der Waals surface area contributed by atoms with Crippen molar-refractivity contribution in [2.24, 2.45) is 5.41 Å². The van der Waals surface area contributed by atoms with Gasteiger partial charge in [0, 0.05) is 5.41 Å². The highest BCUT2D eigenvalue weighted by Gasteiger charge is 2.39. The van der Waals surface area contributed by atoms with E-state index in [1.807, 2.05) is 0 Å². The Balaban J connectivity index is 2.08. The molecule has 0 radical (unpaired) electrons. The molecule has 1 saturated heterocycles. The van der Waals surface area contributed by atoms with E-state index < -0.39 is 0 Å². The van der Waals surface area contributed by atoms with Gasteiger partial charge in [-0.05, 0) is 33.2 Å². The van der Waals surface area contributed by atoms with Gasteiger partial charge in [-0.15, -0.1) is 0 Å². The summed E-state index contributed by atoms with van der Waals surface area (Å²) in [6.07, 6.45) is -0.341. The minimum absolute atomic E-state index is 0.0836. The number of ether oxygens (including phenoxy) is 1. The van der Waals surface area contributed by atoms with Crippen LogP contribution < -0.4 is 5.32 Å². The van der Waals surface area contributed by atoms with Crippen LogP contribution in [-0.4, -0.2) is 12.7 Å². The predicted molar refractivity (Wildman–Crippen MR) is 92.5 cm³/mol. The molecule has 23 heavy (non-hydrogen) atoms. The SMILES string of the molecule is CC1(C)COC(=O)N[C@H]1c1c2ccccc2cc2ccccc12. The molecule has 3 aromatic rings. The number of carbonyl (C=O) groups is 1. The lowest BCUT2D eigenvalue weighted by atomic mass is 9.77. The summed E-state index contributed by atoms with van der Waals surface area (Å²) in [5, 5.41) is 7.80. The number of hydrogen-bond acceptors (Lipinski definition) is 2. The number of nitrogens with one attached hydrogen (secondary N) is 1. The van der Waals surface area contributed by atoms with Crippen LogP contribution in [0.15, 0.2) is 54.6 Å². The van der Waals surface area contributed by atoms with Gasteiger partial charge in [0.15, 0.2) is 0 Å². The van der Waals surface area contributed by atoms with Crippen LogP contribution in [0, 0.1) is 5.41 Å². The first kappa shape index (κ1) is 14.1.